The van der Waals surface area contributed by atoms with E-state index in [-0.39, 0.29) is 28.0 Å². The van der Waals surface area contributed by atoms with Crippen LogP contribution in [-0.2, 0) is 18.9 Å². The third-order valence-electron chi connectivity index (χ3n) is 9.23. The average Bonchev–Trinajstić information content (AvgIpc) is 3.11. The van der Waals surface area contributed by atoms with Gasteiger partial charge < -0.3 is 83.9 Å². The van der Waals surface area contributed by atoms with Gasteiger partial charge in [0.2, 0.25) is 18.0 Å². The van der Waals surface area contributed by atoms with E-state index in [9.17, 15) is 55.9 Å². The number of ether oxygens (including phenoxy) is 6. The molecule has 2 aromatic carbocycles. The Labute approximate surface area is 288 Å². The minimum Gasteiger partial charge on any atom is -0.507 e. The molecule has 51 heavy (non-hydrogen) atoms. The highest BCUT2D eigenvalue weighted by Crippen LogP contribution is 2.34. The number of hydrogen-bond acceptors (Lipinski definition) is 18. The minimum absolute atomic E-state index is 0.0438. The van der Waals surface area contributed by atoms with E-state index in [1.807, 2.05) is 0 Å². The maximum Gasteiger partial charge on any atom is 0.229 e. The summed E-state index contributed by atoms with van der Waals surface area (Å²) in [5.41, 5.74) is -0.308. The Hall–Kier alpha value is -3.47. The monoisotopic (exact) mass is 724 g/mol. The molecule has 18 heteroatoms. The molecule has 3 aromatic rings. The zero-order valence-corrected chi connectivity index (χ0v) is 27.1. The molecule has 15 unspecified atom stereocenters. The Morgan fingerprint density at radius 2 is 1.25 bits per heavy atom. The van der Waals surface area contributed by atoms with Crippen molar-refractivity contribution in [1.82, 2.24) is 0 Å². The molecule has 18 nitrogen and oxygen atoms in total. The van der Waals surface area contributed by atoms with Gasteiger partial charge in [-0.15, -0.1) is 0 Å². The van der Waals surface area contributed by atoms with Crippen molar-refractivity contribution in [3.63, 3.8) is 0 Å². The molecule has 0 amide bonds. The second-order valence-corrected chi connectivity index (χ2v) is 12.7. The number of phenolic OH excluding ortho intramolecular Hbond substituents is 1. The van der Waals surface area contributed by atoms with Crippen LogP contribution in [0.25, 0.3) is 22.1 Å². The summed E-state index contributed by atoms with van der Waals surface area (Å²) < 4.78 is 39.4. The molecule has 1 aromatic heterocycles. The quantitative estimate of drug-likeness (QED) is 0.114. The number of aliphatic hydroxyl groups excluding tert-OH is 9. The van der Waals surface area contributed by atoms with Crippen LogP contribution in [0.2, 0.25) is 0 Å². The maximum absolute atomic E-state index is 13.5. The number of fused-ring (bicyclic) bond motifs is 1. The van der Waals surface area contributed by atoms with Gasteiger partial charge in [0.05, 0.1) is 24.4 Å². The van der Waals surface area contributed by atoms with E-state index in [0.29, 0.717) is 5.56 Å². The van der Waals surface area contributed by atoms with Gasteiger partial charge in [-0.05, 0) is 31.5 Å². The molecule has 4 heterocycles. The number of phenols is 1. The second-order valence-electron chi connectivity index (χ2n) is 12.7. The molecule has 15 atom stereocenters. The normalized spacial score (nSPS) is 38.8. The Morgan fingerprint density at radius 1 is 0.667 bits per heavy atom. The predicted molar refractivity (Wildman–Crippen MR) is 168 cm³/mol. The van der Waals surface area contributed by atoms with Crippen LogP contribution in [0.4, 0.5) is 0 Å². The number of rotatable bonds is 8. The molecule has 280 valence electrons. The van der Waals surface area contributed by atoms with Gasteiger partial charge in [-0.2, -0.15) is 0 Å². The Morgan fingerprint density at radius 3 is 1.88 bits per heavy atom. The van der Waals surface area contributed by atoms with Gasteiger partial charge in [0.25, 0.3) is 0 Å². The molecule has 0 radical (unpaired) electrons. The fourth-order valence-electron chi connectivity index (χ4n) is 6.14. The Balaban J connectivity index is 1.20. The van der Waals surface area contributed by atoms with E-state index in [0.717, 1.165) is 12.3 Å². The molecule has 0 spiro atoms. The number of benzene rings is 2. The number of aromatic hydroxyl groups is 1. The molecule has 3 aliphatic heterocycles. The van der Waals surface area contributed by atoms with Gasteiger partial charge in [-0.3, -0.25) is 4.79 Å². The SMILES string of the molecule is CC1OC(Oc2cc(O)c3c(=O)c(-c4ccc(OC5OC(CO)C(O)C(O)C5OC5OC(C)C(O)C(O)C5O)cc4)coc3c2)C(O)C(O)C1O. The summed E-state index contributed by atoms with van der Waals surface area (Å²) in [6.07, 6.45) is -20.7. The van der Waals surface area contributed by atoms with Crippen molar-refractivity contribution in [1.29, 1.82) is 0 Å². The van der Waals surface area contributed by atoms with E-state index < -0.39 is 110 Å². The number of hydrogen-bond donors (Lipinski definition) is 10. The third-order valence-corrected chi connectivity index (χ3v) is 9.23. The van der Waals surface area contributed by atoms with Crippen molar-refractivity contribution >= 4 is 11.0 Å². The fraction of sp³-hybridized carbons (Fsp3) is 0.545. The Bertz CT molecular complexity index is 1720. The van der Waals surface area contributed by atoms with Crippen molar-refractivity contribution in [3.8, 4) is 28.4 Å². The maximum atomic E-state index is 13.5. The van der Waals surface area contributed by atoms with Gasteiger partial charge in [-0.1, -0.05) is 12.1 Å². The van der Waals surface area contributed by atoms with Gasteiger partial charge >= 0.3 is 0 Å². The topological polar surface area (TPSA) is 288 Å². The predicted octanol–water partition coefficient (Wildman–Crippen LogP) is -2.60. The van der Waals surface area contributed by atoms with Crippen molar-refractivity contribution in [2.45, 2.75) is 106 Å². The van der Waals surface area contributed by atoms with E-state index in [1.165, 1.54) is 44.2 Å². The van der Waals surface area contributed by atoms with Crippen LogP contribution in [0.1, 0.15) is 13.8 Å². The first kappa shape index (κ1) is 37.3. The molecule has 3 aliphatic rings. The smallest absolute Gasteiger partial charge is 0.229 e. The minimum atomic E-state index is -1.74. The lowest BCUT2D eigenvalue weighted by Crippen LogP contribution is -2.64. The number of aliphatic hydroxyl groups is 9. The van der Waals surface area contributed by atoms with Gasteiger partial charge in [0.15, 0.2) is 12.4 Å². The first-order valence-corrected chi connectivity index (χ1v) is 16.1. The van der Waals surface area contributed by atoms with Gasteiger partial charge in [0.1, 0.15) is 89.4 Å². The van der Waals surface area contributed by atoms with Crippen LogP contribution in [0, 0.1) is 0 Å². The lowest BCUT2D eigenvalue weighted by molar-refractivity contribution is -0.354. The second kappa shape index (κ2) is 14.9. The molecule has 3 fully saturated rings. The summed E-state index contributed by atoms with van der Waals surface area (Å²) in [4.78, 5) is 13.5. The van der Waals surface area contributed by atoms with Crippen LogP contribution >= 0.6 is 0 Å². The highest BCUT2D eigenvalue weighted by molar-refractivity contribution is 5.88. The van der Waals surface area contributed by atoms with Crippen molar-refractivity contribution < 1.29 is 83.9 Å². The summed E-state index contributed by atoms with van der Waals surface area (Å²) in [6.45, 7) is 2.21. The van der Waals surface area contributed by atoms with E-state index in [4.69, 9.17) is 32.8 Å². The van der Waals surface area contributed by atoms with Crippen molar-refractivity contribution in [2.24, 2.45) is 0 Å². The van der Waals surface area contributed by atoms with E-state index in [1.54, 1.807) is 0 Å². The standard InChI is InChI=1S/C33H40O18/c1-11-21(36)25(40)28(43)31(46-11)49-15-7-17(35)20-18(8-15)45-10-16(23(20)38)13-3-5-14(6-4-13)48-33-30(27(42)24(39)19(9-34)50-33)51-32-29(44)26(41)22(37)12(2)47-32/h3-8,10-12,19,21-22,24-37,39-44H,9H2,1-2H3. The largest absolute Gasteiger partial charge is 0.507 e. The third kappa shape index (κ3) is 7.16. The zero-order valence-electron chi connectivity index (χ0n) is 27.1. The first-order valence-electron chi connectivity index (χ1n) is 16.1. The first-order chi connectivity index (χ1) is 24.2. The summed E-state index contributed by atoms with van der Waals surface area (Å²) in [5, 5.41) is 102. The summed E-state index contributed by atoms with van der Waals surface area (Å²) in [6, 6.07) is 8.20. The fourth-order valence-corrected chi connectivity index (χ4v) is 6.14. The lowest BCUT2D eigenvalue weighted by Gasteiger charge is -2.45. The molecule has 0 aliphatic carbocycles. The van der Waals surface area contributed by atoms with Crippen LogP contribution in [-0.4, -0.2) is 150 Å². The van der Waals surface area contributed by atoms with Crippen LogP contribution < -0.4 is 14.9 Å². The van der Waals surface area contributed by atoms with Crippen molar-refractivity contribution in [2.75, 3.05) is 6.61 Å². The highest BCUT2D eigenvalue weighted by Gasteiger charge is 2.51. The Kier molecular flexibility index (Phi) is 10.9. The van der Waals surface area contributed by atoms with Gasteiger partial charge in [-0.25, -0.2) is 0 Å². The van der Waals surface area contributed by atoms with Gasteiger partial charge in [0, 0.05) is 12.1 Å². The molecule has 0 bridgehead atoms. The van der Waals surface area contributed by atoms with Crippen LogP contribution in [0.3, 0.4) is 0 Å². The van der Waals surface area contributed by atoms with E-state index in [2.05, 4.69) is 0 Å². The lowest BCUT2D eigenvalue weighted by atomic mass is 9.97. The molecular formula is C33H40O18. The molecular weight excluding hydrogens is 684 g/mol. The molecule has 0 saturated carbocycles. The van der Waals surface area contributed by atoms with Crippen LogP contribution in [0.15, 0.2) is 51.9 Å². The average molecular weight is 725 g/mol. The highest BCUT2D eigenvalue weighted by atomic mass is 16.8. The summed E-state index contributed by atoms with van der Waals surface area (Å²) >= 11 is 0. The summed E-state index contributed by atoms with van der Waals surface area (Å²) in [5.74, 6) is -0.459. The van der Waals surface area contributed by atoms with Crippen molar-refractivity contribution in [3.05, 3.63) is 52.9 Å². The zero-order chi connectivity index (χ0) is 36.9. The molecule has 6 rings (SSSR count). The molecule has 3 saturated heterocycles. The summed E-state index contributed by atoms with van der Waals surface area (Å²) in [7, 11) is 0. The molecule has 10 N–H and O–H groups in total. The van der Waals surface area contributed by atoms with Crippen LogP contribution in [0.5, 0.6) is 17.2 Å². The van der Waals surface area contributed by atoms with E-state index >= 15 is 0 Å².